The van der Waals surface area contributed by atoms with E-state index >= 15 is 0 Å². The Balaban J connectivity index is 2.75. The van der Waals surface area contributed by atoms with Crippen LogP contribution >= 0.6 is 0 Å². The van der Waals surface area contributed by atoms with Gasteiger partial charge >= 0.3 is 0 Å². The molecule has 1 nitrogen and oxygen atoms in total. The van der Waals surface area contributed by atoms with E-state index in [1.807, 2.05) is 0 Å². The Kier molecular flexibility index (Phi) is 3.30. The zero-order chi connectivity index (χ0) is 11.0. The molecule has 0 aliphatic carbocycles. The van der Waals surface area contributed by atoms with Gasteiger partial charge in [0.25, 0.3) is 0 Å². The van der Waals surface area contributed by atoms with Gasteiger partial charge in [0.1, 0.15) is 0 Å². The zero-order valence-electron chi connectivity index (χ0n) is 10.7. The first-order chi connectivity index (χ1) is 6.29. The highest BCUT2D eigenvalue weighted by atomic mass is 15.2. The molecule has 1 heterocycles. The SMILES string of the molecule is C[CH]CC1CC(C)(C)N(C)C(C)(C)C1. The summed E-state index contributed by atoms with van der Waals surface area (Å²) in [6, 6.07) is 0. The maximum Gasteiger partial charge on any atom is 0.0158 e. The monoisotopic (exact) mass is 196 g/mol. The fourth-order valence-corrected chi connectivity index (χ4v) is 3.08. The van der Waals surface area contributed by atoms with Gasteiger partial charge in [-0.2, -0.15) is 0 Å². The van der Waals surface area contributed by atoms with Crippen molar-refractivity contribution in [3.8, 4) is 0 Å². The van der Waals surface area contributed by atoms with Crippen LogP contribution in [-0.4, -0.2) is 23.0 Å². The lowest BCUT2D eigenvalue weighted by molar-refractivity contribution is -0.0298. The average Bonchev–Trinajstić information content (AvgIpc) is 1.99. The molecule has 0 N–H and O–H groups in total. The van der Waals surface area contributed by atoms with Gasteiger partial charge in [-0.05, 0) is 66.3 Å². The van der Waals surface area contributed by atoms with Crippen molar-refractivity contribution in [1.29, 1.82) is 0 Å². The summed E-state index contributed by atoms with van der Waals surface area (Å²) < 4.78 is 0. The lowest BCUT2D eigenvalue weighted by Gasteiger charge is -2.53. The minimum atomic E-state index is 0.357. The van der Waals surface area contributed by atoms with Gasteiger partial charge in [0.15, 0.2) is 0 Å². The largest absolute Gasteiger partial charge is 0.296 e. The number of hydrogen-bond donors (Lipinski definition) is 0. The highest BCUT2D eigenvalue weighted by Crippen LogP contribution is 2.41. The third-order valence-electron chi connectivity index (χ3n) is 3.96. The Morgan fingerprint density at radius 2 is 1.57 bits per heavy atom. The fourth-order valence-electron chi connectivity index (χ4n) is 3.08. The lowest BCUT2D eigenvalue weighted by atomic mass is 9.73. The molecule has 0 saturated carbocycles. The van der Waals surface area contributed by atoms with Gasteiger partial charge in [0.2, 0.25) is 0 Å². The first-order valence-electron chi connectivity index (χ1n) is 5.81. The van der Waals surface area contributed by atoms with Crippen LogP contribution in [0.1, 0.15) is 53.9 Å². The van der Waals surface area contributed by atoms with E-state index in [-0.39, 0.29) is 0 Å². The van der Waals surface area contributed by atoms with Crippen LogP contribution in [0.5, 0.6) is 0 Å². The summed E-state index contributed by atoms with van der Waals surface area (Å²) in [5, 5.41) is 0. The maximum atomic E-state index is 2.55. The fraction of sp³-hybridized carbons (Fsp3) is 0.923. The van der Waals surface area contributed by atoms with Crippen molar-refractivity contribution >= 4 is 0 Å². The molecule has 83 valence electrons. The van der Waals surface area contributed by atoms with Gasteiger partial charge in [-0.1, -0.05) is 6.92 Å². The predicted octanol–water partition coefficient (Wildman–Crippen LogP) is 3.50. The number of hydrogen-bond acceptors (Lipinski definition) is 1. The zero-order valence-corrected chi connectivity index (χ0v) is 10.7. The first kappa shape index (κ1) is 12.0. The van der Waals surface area contributed by atoms with E-state index in [4.69, 9.17) is 0 Å². The van der Waals surface area contributed by atoms with Gasteiger partial charge in [0.05, 0.1) is 0 Å². The van der Waals surface area contributed by atoms with Crippen LogP contribution in [0.2, 0.25) is 0 Å². The quantitative estimate of drug-likeness (QED) is 0.653. The normalized spacial score (nSPS) is 27.9. The Hall–Kier alpha value is -0.0400. The van der Waals surface area contributed by atoms with Crippen molar-refractivity contribution in [1.82, 2.24) is 4.90 Å². The summed E-state index contributed by atoms with van der Waals surface area (Å²) in [6.45, 7) is 11.7. The summed E-state index contributed by atoms with van der Waals surface area (Å²) in [6.07, 6.45) is 6.26. The molecular formula is C13H26N. The molecule has 14 heavy (non-hydrogen) atoms. The third kappa shape index (κ3) is 2.31. The standard InChI is InChI=1S/C13H26N/c1-7-8-11-9-12(2,3)14(6)13(4,5)10-11/h7,11H,8-10H2,1-6H3. The summed E-state index contributed by atoms with van der Waals surface area (Å²) >= 11 is 0. The van der Waals surface area contributed by atoms with Gasteiger partial charge in [-0.3, -0.25) is 4.90 Å². The molecule has 0 aromatic heterocycles. The van der Waals surface area contributed by atoms with Crippen molar-refractivity contribution in [3.05, 3.63) is 6.42 Å². The van der Waals surface area contributed by atoms with Crippen molar-refractivity contribution in [2.24, 2.45) is 5.92 Å². The van der Waals surface area contributed by atoms with Crippen LogP contribution in [0.15, 0.2) is 0 Å². The van der Waals surface area contributed by atoms with E-state index in [2.05, 4.69) is 53.0 Å². The second-order valence-electron chi connectivity index (χ2n) is 6.10. The highest BCUT2D eigenvalue weighted by Gasteiger charge is 2.42. The Labute approximate surface area is 89.9 Å². The van der Waals surface area contributed by atoms with Crippen LogP contribution in [0.25, 0.3) is 0 Å². The summed E-state index contributed by atoms with van der Waals surface area (Å²) in [5.41, 5.74) is 0.713. The molecule has 0 aromatic carbocycles. The Bertz CT molecular complexity index is 175. The van der Waals surface area contributed by atoms with Gasteiger partial charge < -0.3 is 0 Å². The molecule has 1 rings (SSSR count). The summed E-state index contributed by atoms with van der Waals surface area (Å²) in [4.78, 5) is 2.55. The molecule has 1 fully saturated rings. The first-order valence-corrected chi connectivity index (χ1v) is 5.81. The topological polar surface area (TPSA) is 3.24 Å². The summed E-state index contributed by atoms with van der Waals surface area (Å²) in [7, 11) is 2.27. The molecule has 0 unspecified atom stereocenters. The molecule has 1 aliphatic rings. The van der Waals surface area contributed by atoms with Crippen molar-refractivity contribution in [2.45, 2.75) is 65.0 Å². The van der Waals surface area contributed by atoms with E-state index in [9.17, 15) is 0 Å². The smallest absolute Gasteiger partial charge is 0.0158 e. The molecule has 1 saturated heterocycles. The van der Waals surface area contributed by atoms with E-state index in [0.29, 0.717) is 11.1 Å². The highest BCUT2D eigenvalue weighted by molar-refractivity contribution is 4.98. The molecule has 0 atom stereocenters. The number of nitrogens with zero attached hydrogens (tertiary/aromatic N) is 1. The molecule has 0 aromatic rings. The van der Waals surface area contributed by atoms with E-state index in [1.54, 1.807) is 0 Å². The minimum absolute atomic E-state index is 0.357. The lowest BCUT2D eigenvalue weighted by Crippen LogP contribution is -2.58. The van der Waals surface area contributed by atoms with E-state index < -0.39 is 0 Å². The van der Waals surface area contributed by atoms with Crippen molar-refractivity contribution < 1.29 is 0 Å². The molecular weight excluding hydrogens is 170 g/mol. The van der Waals surface area contributed by atoms with Crippen LogP contribution in [0.4, 0.5) is 0 Å². The van der Waals surface area contributed by atoms with Crippen LogP contribution in [0, 0.1) is 12.3 Å². The van der Waals surface area contributed by atoms with Crippen molar-refractivity contribution in [2.75, 3.05) is 7.05 Å². The molecule has 1 aliphatic heterocycles. The third-order valence-corrected chi connectivity index (χ3v) is 3.96. The summed E-state index contributed by atoms with van der Waals surface area (Å²) in [5.74, 6) is 0.876. The Morgan fingerprint density at radius 1 is 1.14 bits per heavy atom. The van der Waals surface area contributed by atoms with Gasteiger partial charge in [-0.25, -0.2) is 0 Å². The number of piperidine rings is 1. The van der Waals surface area contributed by atoms with Crippen molar-refractivity contribution in [3.63, 3.8) is 0 Å². The van der Waals surface area contributed by atoms with Crippen LogP contribution in [-0.2, 0) is 0 Å². The minimum Gasteiger partial charge on any atom is -0.296 e. The Morgan fingerprint density at radius 3 is 1.93 bits per heavy atom. The van der Waals surface area contributed by atoms with E-state index in [1.165, 1.54) is 19.3 Å². The molecule has 1 radical (unpaired) electrons. The predicted molar refractivity (Wildman–Crippen MR) is 63.2 cm³/mol. The van der Waals surface area contributed by atoms with E-state index in [0.717, 1.165) is 5.92 Å². The second-order valence-corrected chi connectivity index (χ2v) is 6.10. The number of likely N-dealkylation sites (tertiary alicyclic amines) is 1. The van der Waals surface area contributed by atoms with Gasteiger partial charge in [0, 0.05) is 11.1 Å². The van der Waals surface area contributed by atoms with Gasteiger partial charge in [-0.15, -0.1) is 0 Å². The van der Waals surface area contributed by atoms with Crippen LogP contribution in [0.3, 0.4) is 0 Å². The molecule has 0 spiro atoms. The molecule has 0 bridgehead atoms. The molecule has 1 heteroatoms. The molecule has 0 amide bonds. The second kappa shape index (κ2) is 3.84. The van der Waals surface area contributed by atoms with Crippen LogP contribution < -0.4 is 0 Å². The average molecular weight is 196 g/mol. The maximum absolute atomic E-state index is 2.55. The number of rotatable bonds is 2.